The van der Waals surface area contributed by atoms with E-state index in [0.717, 1.165) is 11.1 Å². The van der Waals surface area contributed by atoms with E-state index in [9.17, 15) is 14.4 Å². The molecule has 0 aliphatic heterocycles. The highest BCUT2D eigenvalue weighted by Crippen LogP contribution is 2.22. The molecule has 3 N–H and O–H groups in total. The minimum atomic E-state index is -0.474. The summed E-state index contributed by atoms with van der Waals surface area (Å²) in [5.74, 6) is -0.0937. The van der Waals surface area contributed by atoms with E-state index in [1.165, 1.54) is 0 Å². The number of carbonyl (C=O) groups excluding carboxylic acids is 3. The average molecular weight is 397 g/mol. The zero-order valence-corrected chi connectivity index (χ0v) is 17.2. The minimum absolute atomic E-state index is 0.0756. The van der Waals surface area contributed by atoms with Crippen LogP contribution in [0, 0.1) is 19.8 Å². The third-order valence-corrected chi connectivity index (χ3v) is 4.10. The van der Waals surface area contributed by atoms with Gasteiger partial charge in [0.15, 0.2) is 6.61 Å². The van der Waals surface area contributed by atoms with Gasteiger partial charge in [-0.15, -0.1) is 0 Å². The molecule has 29 heavy (non-hydrogen) atoms. The molecule has 154 valence electrons. The van der Waals surface area contributed by atoms with Crippen LogP contribution in [-0.4, -0.2) is 24.3 Å². The molecule has 0 fully saturated rings. The topological polar surface area (TPSA) is 96.5 Å². The number of benzene rings is 2. The van der Waals surface area contributed by atoms with Crippen LogP contribution in [0.5, 0.6) is 5.75 Å². The second-order valence-electron chi connectivity index (χ2n) is 7.24. The monoisotopic (exact) mass is 397 g/mol. The molecule has 0 aliphatic carbocycles. The second kappa shape index (κ2) is 10.3. The van der Waals surface area contributed by atoms with E-state index in [2.05, 4.69) is 16.2 Å². The fourth-order valence-electron chi connectivity index (χ4n) is 2.69. The normalized spacial score (nSPS) is 10.4. The number of hydrogen-bond donors (Lipinski definition) is 3. The zero-order chi connectivity index (χ0) is 21.4. The number of carbonyl (C=O) groups is 3. The van der Waals surface area contributed by atoms with Gasteiger partial charge in [-0.3, -0.25) is 25.2 Å². The smallest absolute Gasteiger partial charge is 0.276 e. The summed E-state index contributed by atoms with van der Waals surface area (Å²) in [7, 11) is 0. The molecule has 3 amide bonds. The summed E-state index contributed by atoms with van der Waals surface area (Å²) in [5.41, 5.74) is 7.49. The molecule has 0 unspecified atom stereocenters. The summed E-state index contributed by atoms with van der Waals surface area (Å²) < 4.78 is 5.54. The second-order valence-corrected chi connectivity index (χ2v) is 7.24. The van der Waals surface area contributed by atoms with Crippen molar-refractivity contribution in [3.05, 3.63) is 59.2 Å². The van der Waals surface area contributed by atoms with E-state index in [1.807, 2.05) is 45.9 Å². The number of amides is 3. The van der Waals surface area contributed by atoms with Gasteiger partial charge in [0.25, 0.3) is 11.8 Å². The number of hydrazine groups is 1. The molecular formula is C22H27N3O4. The predicted octanol–water partition coefficient (Wildman–Crippen LogP) is 3.13. The maximum Gasteiger partial charge on any atom is 0.276 e. The van der Waals surface area contributed by atoms with Crippen molar-refractivity contribution >= 4 is 23.4 Å². The van der Waals surface area contributed by atoms with Crippen molar-refractivity contribution in [1.29, 1.82) is 0 Å². The highest BCUT2D eigenvalue weighted by molar-refractivity contribution is 5.96. The van der Waals surface area contributed by atoms with Crippen molar-refractivity contribution in [1.82, 2.24) is 10.9 Å². The van der Waals surface area contributed by atoms with E-state index >= 15 is 0 Å². The Morgan fingerprint density at radius 1 is 0.897 bits per heavy atom. The number of ether oxygens (including phenoxy) is 1. The number of rotatable bonds is 7. The van der Waals surface area contributed by atoms with E-state index < -0.39 is 11.8 Å². The van der Waals surface area contributed by atoms with Crippen molar-refractivity contribution < 1.29 is 19.1 Å². The fourth-order valence-corrected chi connectivity index (χ4v) is 2.69. The van der Waals surface area contributed by atoms with Crippen LogP contribution in [0.1, 0.15) is 41.8 Å². The zero-order valence-electron chi connectivity index (χ0n) is 17.2. The first-order chi connectivity index (χ1) is 13.8. The molecule has 0 spiro atoms. The Bertz CT molecular complexity index is 856. The first kappa shape index (κ1) is 21.9. The molecule has 0 aromatic heterocycles. The minimum Gasteiger partial charge on any atom is -0.483 e. The summed E-state index contributed by atoms with van der Waals surface area (Å²) in [4.78, 5) is 35.9. The van der Waals surface area contributed by atoms with E-state index in [1.54, 1.807) is 24.3 Å². The highest BCUT2D eigenvalue weighted by atomic mass is 16.5. The third-order valence-electron chi connectivity index (χ3n) is 4.10. The molecule has 0 bridgehead atoms. The Hall–Kier alpha value is -3.35. The number of anilines is 1. The lowest BCUT2D eigenvalue weighted by atomic mass is 10.1. The molecule has 0 radical (unpaired) electrons. The number of para-hydroxylation sites is 1. The lowest BCUT2D eigenvalue weighted by Gasteiger charge is -2.12. The molecule has 0 saturated carbocycles. The third kappa shape index (κ3) is 6.95. The van der Waals surface area contributed by atoms with Crippen molar-refractivity contribution in [2.24, 2.45) is 5.92 Å². The van der Waals surface area contributed by atoms with E-state index in [4.69, 9.17) is 4.74 Å². The molecule has 2 aromatic carbocycles. The van der Waals surface area contributed by atoms with Crippen molar-refractivity contribution in [2.75, 3.05) is 11.9 Å². The molecule has 0 atom stereocenters. The van der Waals surface area contributed by atoms with Gasteiger partial charge in [-0.1, -0.05) is 32.0 Å². The summed E-state index contributed by atoms with van der Waals surface area (Å²) >= 11 is 0. The summed E-state index contributed by atoms with van der Waals surface area (Å²) in [5, 5.41) is 2.77. The van der Waals surface area contributed by atoms with Gasteiger partial charge >= 0.3 is 0 Å². The number of hydrogen-bond acceptors (Lipinski definition) is 4. The molecule has 2 rings (SSSR count). The molecule has 7 heteroatoms. The van der Waals surface area contributed by atoms with Gasteiger partial charge in [0.1, 0.15) is 5.75 Å². The number of nitrogens with one attached hydrogen (secondary N) is 3. The van der Waals surface area contributed by atoms with Crippen LogP contribution in [-0.2, 0) is 9.59 Å². The summed E-state index contributed by atoms with van der Waals surface area (Å²) in [6.45, 7) is 7.52. The standard InChI is InChI=1S/C22H27N3O4/c1-14(2)12-19(26)23-18-10-8-17(9-11-18)22(28)25-24-20(27)13-29-21-15(3)6-5-7-16(21)4/h5-11,14H,12-13H2,1-4H3,(H,23,26)(H,24,27)(H,25,28). The molecule has 7 nitrogen and oxygen atoms in total. The molecule has 0 saturated heterocycles. The lowest BCUT2D eigenvalue weighted by molar-refractivity contribution is -0.123. The first-order valence-electron chi connectivity index (χ1n) is 9.44. The Morgan fingerprint density at radius 3 is 2.10 bits per heavy atom. The summed E-state index contributed by atoms with van der Waals surface area (Å²) in [6, 6.07) is 12.1. The van der Waals surface area contributed by atoms with Gasteiger partial charge in [-0.2, -0.15) is 0 Å². The van der Waals surface area contributed by atoms with Crippen molar-refractivity contribution in [3.63, 3.8) is 0 Å². The Labute approximate surface area is 170 Å². The van der Waals surface area contributed by atoms with E-state index in [0.29, 0.717) is 23.4 Å². The highest BCUT2D eigenvalue weighted by Gasteiger charge is 2.11. The van der Waals surface area contributed by atoms with Crippen LogP contribution in [0.2, 0.25) is 0 Å². The maximum atomic E-state index is 12.2. The van der Waals surface area contributed by atoms with Crippen LogP contribution >= 0.6 is 0 Å². The van der Waals surface area contributed by atoms with Crippen LogP contribution in [0.3, 0.4) is 0 Å². The Kier molecular flexibility index (Phi) is 7.77. The molecule has 2 aromatic rings. The lowest BCUT2D eigenvalue weighted by Crippen LogP contribution is -2.43. The van der Waals surface area contributed by atoms with Crippen LogP contribution in [0.25, 0.3) is 0 Å². The van der Waals surface area contributed by atoms with Crippen LogP contribution < -0.4 is 20.9 Å². The fraction of sp³-hybridized carbons (Fsp3) is 0.318. The van der Waals surface area contributed by atoms with Gasteiger partial charge in [-0.05, 0) is 55.2 Å². The van der Waals surface area contributed by atoms with E-state index in [-0.39, 0.29) is 18.4 Å². The predicted molar refractivity (Wildman–Crippen MR) is 112 cm³/mol. The van der Waals surface area contributed by atoms with Gasteiger partial charge in [0.05, 0.1) is 0 Å². The quantitative estimate of drug-likeness (QED) is 0.626. The van der Waals surface area contributed by atoms with Crippen LogP contribution in [0.15, 0.2) is 42.5 Å². The molecular weight excluding hydrogens is 370 g/mol. The summed E-state index contributed by atoms with van der Waals surface area (Å²) in [6.07, 6.45) is 0.429. The maximum absolute atomic E-state index is 12.2. The molecule has 0 heterocycles. The largest absolute Gasteiger partial charge is 0.483 e. The SMILES string of the molecule is Cc1cccc(C)c1OCC(=O)NNC(=O)c1ccc(NC(=O)CC(C)C)cc1. The van der Waals surface area contributed by atoms with Crippen LogP contribution in [0.4, 0.5) is 5.69 Å². The van der Waals surface area contributed by atoms with Gasteiger partial charge in [0, 0.05) is 17.7 Å². The average Bonchev–Trinajstić information content (AvgIpc) is 2.65. The Balaban J connectivity index is 1.81. The van der Waals surface area contributed by atoms with Gasteiger partial charge in [-0.25, -0.2) is 0 Å². The molecule has 0 aliphatic rings. The van der Waals surface area contributed by atoms with Gasteiger partial charge in [0.2, 0.25) is 5.91 Å². The van der Waals surface area contributed by atoms with Crippen molar-refractivity contribution in [3.8, 4) is 5.75 Å². The van der Waals surface area contributed by atoms with Crippen molar-refractivity contribution in [2.45, 2.75) is 34.1 Å². The first-order valence-corrected chi connectivity index (χ1v) is 9.44. The Morgan fingerprint density at radius 2 is 1.52 bits per heavy atom. The van der Waals surface area contributed by atoms with Gasteiger partial charge < -0.3 is 10.1 Å². The number of aryl methyl sites for hydroxylation is 2.